The average Bonchev–Trinajstić information content (AvgIpc) is 2.34. The third-order valence-corrected chi connectivity index (χ3v) is 1.97. The molecule has 0 fully saturated rings. The minimum absolute atomic E-state index is 0.171. The normalized spacial score (nSPS) is 10.1. The molecular weight excluding hydrogens is 228 g/mol. The van der Waals surface area contributed by atoms with Gasteiger partial charge < -0.3 is 10.1 Å². The highest BCUT2D eigenvalue weighted by atomic mass is 19.2. The Morgan fingerprint density at radius 1 is 1.18 bits per heavy atom. The second kappa shape index (κ2) is 4.73. The molecule has 1 aromatic heterocycles. The van der Waals surface area contributed by atoms with Crippen LogP contribution in [-0.2, 0) is 0 Å². The molecule has 0 unspecified atom stereocenters. The van der Waals surface area contributed by atoms with Crippen molar-refractivity contribution in [2.45, 2.75) is 0 Å². The number of halogens is 2. The molecule has 2 aromatic rings. The van der Waals surface area contributed by atoms with Crippen molar-refractivity contribution in [2.75, 3.05) is 12.4 Å². The highest BCUT2D eigenvalue weighted by Crippen LogP contribution is 2.21. The van der Waals surface area contributed by atoms with Gasteiger partial charge in [-0.2, -0.15) is 4.98 Å². The molecular formula is C11H9F2N3O. The van der Waals surface area contributed by atoms with E-state index in [4.69, 9.17) is 4.74 Å². The first-order valence-corrected chi connectivity index (χ1v) is 4.83. The Morgan fingerprint density at radius 3 is 2.71 bits per heavy atom. The maximum absolute atomic E-state index is 12.9. The van der Waals surface area contributed by atoms with Gasteiger partial charge in [0.15, 0.2) is 11.6 Å². The highest BCUT2D eigenvalue weighted by Gasteiger charge is 2.05. The molecule has 1 aromatic carbocycles. The molecule has 0 aliphatic heterocycles. The highest BCUT2D eigenvalue weighted by molar-refractivity contribution is 5.31. The van der Waals surface area contributed by atoms with Crippen LogP contribution in [0.5, 0.6) is 11.6 Å². The number of hydrogen-bond acceptors (Lipinski definition) is 4. The van der Waals surface area contributed by atoms with E-state index in [0.29, 0.717) is 5.95 Å². The lowest BCUT2D eigenvalue weighted by Gasteiger charge is -2.05. The lowest BCUT2D eigenvalue weighted by molar-refractivity contribution is 0.447. The number of ether oxygens (including phenoxy) is 1. The summed E-state index contributed by atoms with van der Waals surface area (Å²) in [5.74, 6) is -1.09. The zero-order valence-electron chi connectivity index (χ0n) is 8.95. The first kappa shape index (κ1) is 11.3. The molecule has 0 atom stereocenters. The molecule has 2 rings (SSSR count). The Hall–Kier alpha value is -2.24. The predicted molar refractivity (Wildman–Crippen MR) is 58.0 cm³/mol. The standard InChI is InChI=1S/C11H9F2N3O/c1-14-11-15-5-4-10(16-11)17-7-2-3-8(12)9(13)6-7/h2-6H,1H3,(H,14,15,16). The monoisotopic (exact) mass is 237 g/mol. The number of anilines is 1. The van der Waals surface area contributed by atoms with Crippen LogP contribution in [0.4, 0.5) is 14.7 Å². The molecule has 0 spiro atoms. The molecule has 6 heteroatoms. The van der Waals surface area contributed by atoms with E-state index in [0.717, 1.165) is 12.1 Å². The molecule has 0 saturated carbocycles. The molecule has 0 radical (unpaired) electrons. The summed E-state index contributed by atoms with van der Waals surface area (Å²) in [7, 11) is 1.66. The Balaban J connectivity index is 2.22. The molecule has 17 heavy (non-hydrogen) atoms. The van der Waals surface area contributed by atoms with Gasteiger partial charge in [-0.1, -0.05) is 0 Å². The van der Waals surface area contributed by atoms with Gasteiger partial charge in [-0.15, -0.1) is 0 Å². The average molecular weight is 237 g/mol. The molecule has 88 valence electrons. The van der Waals surface area contributed by atoms with E-state index >= 15 is 0 Å². The first-order chi connectivity index (χ1) is 8.19. The number of nitrogens with one attached hydrogen (secondary N) is 1. The third-order valence-electron chi connectivity index (χ3n) is 1.97. The van der Waals surface area contributed by atoms with Crippen LogP contribution >= 0.6 is 0 Å². The van der Waals surface area contributed by atoms with Crippen molar-refractivity contribution in [1.82, 2.24) is 9.97 Å². The van der Waals surface area contributed by atoms with Crippen molar-refractivity contribution in [2.24, 2.45) is 0 Å². The molecule has 0 bridgehead atoms. The van der Waals surface area contributed by atoms with Crippen LogP contribution in [0.1, 0.15) is 0 Å². The summed E-state index contributed by atoms with van der Waals surface area (Å²) in [5.41, 5.74) is 0. The van der Waals surface area contributed by atoms with Gasteiger partial charge in [0.05, 0.1) is 0 Å². The number of rotatable bonds is 3. The Morgan fingerprint density at radius 2 is 2.00 bits per heavy atom. The van der Waals surface area contributed by atoms with Gasteiger partial charge in [-0.3, -0.25) is 0 Å². The van der Waals surface area contributed by atoms with Crippen LogP contribution in [0, 0.1) is 11.6 Å². The number of aromatic nitrogens is 2. The Labute approximate surface area is 96.3 Å². The van der Waals surface area contributed by atoms with Gasteiger partial charge in [0.2, 0.25) is 11.8 Å². The minimum Gasteiger partial charge on any atom is -0.439 e. The molecule has 0 aliphatic carbocycles. The largest absolute Gasteiger partial charge is 0.439 e. The lowest BCUT2D eigenvalue weighted by atomic mass is 10.3. The van der Waals surface area contributed by atoms with Crippen molar-refractivity contribution in [3.63, 3.8) is 0 Å². The fraction of sp³-hybridized carbons (Fsp3) is 0.0909. The zero-order chi connectivity index (χ0) is 12.3. The van der Waals surface area contributed by atoms with E-state index < -0.39 is 11.6 Å². The van der Waals surface area contributed by atoms with Crippen LogP contribution in [-0.4, -0.2) is 17.0 Å². The summed E-state index contributed by atoms with van der Waals surface area (Å²) in [4.78, 5) is 7.87. The number of hydrogen-bond donors (Lipinski definition) is 1. The van der Waals surface area contributed by atoms with Crippen molar-refractivity contribution in [3.05, 3.63) is 42.1 Å². The van der Waals surface area contributed by atoms with Gasteiger partial charge in [0.25, 0.3) is 0 Å². The van der Waals surface area contributed by atoms with Gasteiger partial charge in [0.1, 0.15) is 5.75 Å². The fourth-order valence-electron chi connectivity index (χ4n) is 1.18. The zero-order valence-corrected chi connectivity index (χ0v) is 8.95. The fourth-order valence-corrected chi connectivity index (χ4v) is 1.18. The van der Waals surface area contributed by atoms with Crippen LogP contribution < -0.4 is 10.1 Å². The van der Waals surface area contributed by atoms with Crippen LogP contribution in [0.2, 0.25) is 0 Å². The quantitative estimate of drug-likeness (QED) is 0.891. The molecule has 1 heterocycles. The molecule has 1 N–H and O–H groups in total. The van der Waals surface area contributed by atoms with E-state index in [1.807, 2.05) is 0 Å². The molecule has 4 nitrogen and oxygen atoms in total. The van der Waals surface area contributed by atoms with Gasteiger partial charge >= 0.3 is 0 Å². The van der Waals surface area contributed by atoms with Crippen LogP contribution in [0.25, 0.3) is 0 Å². The SMILES string of the molecule is CNc1nccc(Oc2ccc(F)c(F)c2)n1. The predicted octanol–water partition coefficient (Wildman–Crippen LogP) is 2.59. The van der Waals surface area contributed by atoms with Crippen molar-refractivity contribution in [3.8, 4) is 11.6 Å². The Kier molecular flexibility index (Phi) is 3.13. The van der Waals surface area contributed by atoms with Gasteiger partial charge in [-0.25, -0.2) is 13.8 Å². The second-order valence-corrected chi connectivity index (χ2v) is 3.15. The van der Waals surface area contributed by atoms with Gasteiger partial charge in [0, 0.05) is 25.4 Å². The first-order valence-electron chi connectivity index (χ1n) is 4.83. The Bertz CT molecular complexity index is 534. The van der Waals surface area contributed by atoms with E-state index in [1.165, 1.54) is 18.3 Å². The number of nitrogens with zero attached hydrogens (tertiary/aromatic N) is 2. The van der Waals surface area contributed by atoms with Crippen LogP contribution in [0.15, 0.2) is 30.5 Å². The molecule has 0 saturated heterocycles. The van der Waals surface area contributed by atoms with Crippen molar-refractivity contribution < 1.29 is 13.5 Å². The summed E-state index contributed by atoms with van der Waals surface area (Å²) >= 11 is 0. The molecule has 0 amide bonds. The maximum Gasteiger partial charge on any atom is 0.225 e. The third kappa shape index (κ3) is 2.66. The summed E-state index contributed by atoms with van der Waals surface area (Å²) in [6.07, 6.45) is 1.49. The summed E-state index contributed by atoms with van der Waals surface area (Å²) in [6, 6.07) is 4.78. The smallest absolute Gasteiger partial charge is 0.225 e. The van der Waals surface area contributed by atoms with Crippen molar-refractivity contribution in [1.29, 1.82) is 0 Å². The second-order valence-electron chi connectivity index (χ2n) is 3.15. The van der Waals surface area contributed by atoms with E-state index in [2.05, 4.69) is 15.3 Å². The van der Waals surface area contributed by atoms with E-state index in [9.17, 15) is 8.78 Å². The van der Waals surface area contributed by atoms with E-state index in [-0.39, 0.29) is 11.6 Å². The minimum atomic E-state index is -0.967. The lowest BCUT2D eigenvalue weighted by Crippen LogP contribution is -1.97. The number of benzene rings is 1. The molecule has 0 aliphatic rings. The summed E-state index contributed by atoms with van der Waals surface area (Å²) < 4.78 is 30.9. The van der Waals surface area contributed by atoms with Crippen LogP contribution in [0.3, 0.4) is 0 Å². The summed E-state index contributed by atoms with van der Waals surface area (Å²) in [5, 5.41) is 2.74. The maximum atomic E-state index is 12.9. The topological polar surface area (TPSA) is 47.0 Å². The van der Waals surface area contributed by atoms with E-state index in [1.54, 1.807) is 7.05 Å². The summed E-state index contributed by atoms with van der Waals surface area (Å²) in [6.45, 7) is 0. The van der Waals surface area contributed by atoms with Gasteiger partial charge in [-0.05, 0) is 12.1 Å². The van der Waals surface area contributed by atoms with Crippen molar-refractivity contribution >= 4 is 5.95 Å².